The maximum atomic E-state index is 12.7. The number of rotatable bonds is 8. The Morgan fingerprint density at radius 3 is 0.882 bits per heavy atom. The van der Waals surface area contributed by atoms with Crippen molar-refractivity contribution >= 4 is 90.6 Å². The maximum Gasteiger partial charge on any atom is 0.234 e. The van der Waals surface area contributed by atoms with Crippen LogP contribution in [0.4, 0.5) is 34.1 Å². The molecule has 0 fully saturated rings. The van der Waals surface area contributed by atoms with Gasteiger partial charge in [0.15, 0.2) is 0 Å². The first kappa shape index (κ1) is 67.6. The lowest BCUT2D eigenvalue weighted by Crippen LogP contribution is -2.30. The Morgan fingerprint density at radius 1 is 0.245 bits per heavy atom. The summed E-state index contributed by atoms with van der Waals surface area (Å²) in [5, 5.41) is 2.47. The predicted molar refractivity (Wildman–Crippen MR) is 443 cm³/mol. The SMILES string of the molecule is CC1(C)c2ccccc2N(c2ccc(-c3ccc4c(c3)-c3ccccc3C(=O)C4=O)cc2)c2ccccc21.Cc1ccc(N(c2ccc(C)cc2)c2ccc(-c3ccc4c(c3)-c3ccccc3C(=O)C4=O)cc2)cc1.O=C1C(=O)c2ccc(-c3ccc(-n4c5ccccc5c5ccccc54)cc3)cc2-c2ccccc21. The molecule has 0 N–H and O–H groups in total. The minimum Gasteiger partial charge on any atom is -0.311 e. The molecule has 0 atom stereocenters. The van der Waals surface area contributed by atoms with E-state index in [1.165, 1.54) is 55.4 Å². The third kappa shape index (κ3) is 11.6. The monoisotopic (exact) mass is 1420 g/mol. The van der Waals surface area contributed by atoms with Gasteiger partial charge in [-0.25, -0.2) is 0 Å². The molecule has 16 aromatic rings. The van der Waals surface area contributed by atoms with Crippen molar-refractivity contribution in [1.29, 1.82) is 0 Å². The summed E-state index contributed by atoms with van der Waals surface area (Å²) in [4.78, 5) is 80.3. The third-order valence-electron chi connectivity index (χ3n) is 22.0. The molecule has 0 radical (unpaired) electrons. The number of aryl methyl sites for hydroxylation is 2. The van der Waals surface area contributed by atoms with E-state index >= 15 is 0 Å². The van der Waals surface area contributed by atoms with E-state index in [-0.39, 0.29) is 5.41 Å². The Bertz CT molecular complexity index is 6350. The highest BCUT2D eigenvalue weighted by Crippen LogP contribution is 2.52. The number of anilines is 6. The molecule has 9 nitrogen and oxygen atoms in total. The van der Waals surface area contributed by atoms with E-state index < -0.39 is 34.7 Å². The predicted octanol–water partition coefficient (Wildman–Crippen LogP) is 24.5. The number of nitrogens with zero attached hydrogens (tertiary/aromatic N) is 3. The van der Waals surface area contributed by atoms with Gasteiger partial charge in [0.25, 0.3) is 0 Å². The molecule has 0 unspecified atom stereocenters. The van der Waals surface area contributed by atoms with Crippen LogP contribution in [-0.4, -0.2) is 39.3 Å². The molecule has 0 spiro atoms. The van der Waals surface area contributed by atoms with Crippen molar-refractivity contribution < 1.29 is 28.8 Å². The van der Waals surface area contributed by atoms with E-state index in [9.17, 15) is 28.8 Å². The van der Waals surface area contributed by atoms with E-state index in [0.29, 0.717) is 33.4 Å². The summed E-state index contributed by atoms with van der Waals surface area (Å²) in [6.45, 7) is 8.76. The molecule has 110 heavy (non-hydrogen) atoms. The summed E-state index contributed by atoms with van der Waals surface area (Å²) in [6, 6.07) is 116. The lowest BCUT2D eigenvalue weighted by Gasteiger charge is -2.42. The zero-order valence-corrected chi connectivity index (χ0v) is 60.7. The van der Waals surface area contributed by atoms with Crippen molar-refractivity contribution in [3.8, 4) is 72.4 Å². The van der Waals surface area contributed by atoms with Gasteiger partial charge in [-0.15, -0.1) is 0 Å². The summed E-state index contributed by atoms with van der Waals surface area (Å²) < 4.78 is 2.29. The van der Waals surface area contributed by atoms with Crippen LogP contribution in [0, 0.1) is 13.8 Å². The first-order chi connectivity index (χ1) is 53.6. The molecule has 0 bridgehead atoms. The standard InChI is InChI=1S/C35H25NO2.C34H25NO2.C32H19NO2/c1-35(2)29-11-5-7-13-31(29)36(32-14-8-6-12-30(32)35)24-18-15-22(16-19-24)23-17-20-27-28(21-23)25-9-3-4-10-26(25)33(37)34(27)38;1-22-7-14-26(15-8-22)35(27-16-9-23(2)10-17-27)28-18-11-24(12-19-28)25-13-20-31-32(21-25)29-5-3-4-6-30(29)33(36)34(31)37;34-31-26-10-2-1-7-23(26)28-19-21(15-18-27(28)32(31)35)20-13-16-22(17-14-20)33-29-11-5-3-8-24(29)25-9-4-6-12-30(25)33/h3-21H,1-2H3;3-21H,1-2H3;1-19H. The highest BCUT2D eigenvalue weighted by molar-refractivity contribution is 6.54. The molecular formula is C101H69N3O6. The zero-order chi connectivity index (χ0) is 75.1. The quantitative estimate of drug-likeness (QED) is 0.138. The summed E-state index contributed by atoms with van der Waals surface area (Å²) in [5.74, 6) is -2.63. The Kier molecular flexibility index (Phi) is 16.7. The van der Waals surface area contributed by atoms with Crippen LogP contribution in [0.1, 0.15) is 98.2 Å². The summed E-state index contributed by atoms with van der Waals surface area (Å²) in [5.41, 5.74) is 29.0. The molecule has 20 rings (SSSR count). The number of fused-ring (bicyclic) bond motifs is 14. The number of hydrogen-bond acceptors (Lipinski definition) is 8. The Labute approximate surface area is 636 Å². The molecule has 1 aliphatic heterocycles. The number of hydrogen-bond donors (Lipinski definition) is 0. The Balaban J connectivity index is 0.000000116. The summed E-state index contributed by atoms with van der Waals surface area (Å²) in [7, 11) is 0. The van der Waals surface area contributed by atoms with Gasteiger partial charge in [0.1, 0.15) is 0 Å². The minimum absolute atomic E-state index is 0.0954. The third-order valence-corrected chi connectivity index (χ3v) is 22.0. The lowest BCUT2D eigenvalue weighted by atomic mass is 9.73. The van der Waals surface area contributed by atoms with Crippen LogP contribution in [0.25, 0.3) is 94.3 Å². The molecule has 2 heterocycles. The molecule has 15 aromatic carbocycles. The van der Waals surface area contributed by atoms with Gasteiger partial charge in [0.2, 0.25) is 34.7 Å². The number of benzene rings is 15. The first-order valence-electron chi connectivity index (χ1n) is 36.8. The highest BCUT2D eigenvalue weighted by Gasteiger charge is 2.38. The number of ketones is 6. The fourth-order valence-corrected chi connectivity index (χ4v) is 16.3. The average molecular weight is 1420 g/mol. The number of aromatic nitrogens is 1. The number of Topliss-reactive ketones (excluding diaryl/α,β-unsaturated/α-hetero) is 6. The van der Waals surface area contributed by atoms with Crippen LogP contribution < -0.4 is 9.80 Å². The minimum atomic E-state index is -0.442. The van der Waals surface area contributed by atoms with Gasteiger partial charge >= 0.3 is 0 Å². The van der Waals surface area contributed by atoms with Crippen LogP contribution in [0.15, 0.2) is 346 Å². The molecule has 0 saturated heterocycles. The molecule has 3 aliphatic carbocycles. The van der Waals surface area contributed by atoms with E-state index in [1.54, 1.807) is 54.6 Å². The number of carbonyl (C=O) groups excluding carboxylic acids is 6. The van der Waals surface area contributed by atoms with Gasteiger partial charge in [-0.2, -0.15) is 0 Å². The largest absolute Gasteiger partial charge is 0.311 e. The van der Waals surface area contributed by atoms with Crippen LogP contribution in [0.5, 0.6) is 0 Å². The number of para-hydroxylation sites is 4. The molecule has 524 valence electrons. The smallest absolute Gasteiger partial charge is 0.234 e. The topological polar surface area (TPSA) is 114 Å². The van der Waals surface area contributed by atoms with Gasteiger partial charge in [-0.1, -0.05) is 249 Å². The van der Waals surface area contributed by atoms with Crippen LogP contribution >= 0.6 is 0 Å². The summed E-state index contributed by atoms with van der Waals surface area (Å²) in [6.07, 6.45) is 0. The van der Waals surface area contributed by atoms with Gasteiger partial charge in [-0.05, 0) is 213 Å². The van der Waals surface area contributed by atoms with Gasteiger partial charge in [0, 0.05) is 78.0 Å². The fraction of sp³-hybridized carbons (Fsp3) is 0.0495. The molecular weight excluding hydrogens is 1350 g/mol. The Hall–Kier alpha value is -14.3. The van der Waals surface area contributed by atoms with E-state index in [1.807, 2.05) is 72.8 Å². The molecule has 0 amide bonds. The van der Waals surface area contributed by atoms with E-state index in [2.05, 4.69) is 260 Å². The van der Waals surface area contributed by atoms with Gasteiger partial charge < -0.3 is 14.4 Å². The van der Waals surface area contributed by atoms with E-state index in [4.69, 9.17) is 0 Å². The number of carbonyl (C=O) groups is 6. The Morgan fingerprint density at radius 2 is 0.518 bits per heavy atom. The zero-order valence-electron chi connectivity index (χ0n) is 60.7. The first-order valence-corrected chi connectivity index (χ1v) is 36.8. The summed E-state index contributed by atoms with van der Waals surface area (Å²) >= 11 is 0. The van der Waals surface area contributed by atoms with Crippen LogP contribution in [0.2, 0.25) is 0 Å². The van der Waals surface area contributed by atoms with Crippen LogP contribution in [0.3, 0.4) is 0 Å². The fourth-order valence-electron chi connectivity index (χ4n) is 16.3. The second kappa shape index (κ2) is 27.3. The second-order valence-corrected chi connectivity index (χ2v) is 28.9. The van der Waals surface area contributed by atoms with E-state index in [0.717, 1.165) is 95.2 Å². The van der Waals surface area contributed by atoms with Crippen molar-refractivity contribution in [3.05, 3.63) is 401 Å². The normalized spacial score (nSPS) is 13.3. The van der Waals surface area contributed by atoms with Crippen molar-refractivity contribution in [2.24, 2.45) is 0 Å². The van der Waals surface area contributed by atoms with Crippen molar-refractivity contribution in [2.75, 3.05) is 9.80 Å². The highest BCUT2D eigenvalue weighted by atomic mass is 16.2. The lowest BCUT2D eigenvalue weighted by molar-refractivity contribution is 0.0815. The van der Waals surface area contributed by atoms with Crippen molar-refractivity contribution in [2.45, 2.75) is 33.1 Å². The molecule has 4 aliphatic rings. The molecule has 0 saturated carbocycles. The van der Waals surface area contributed by atoms with Gasteiger partial charge in [-0.3, -0.25) is 28.8 Å². The maximum absolute atomic E-state index is 12.7. The van der Waals surface area contributed by atoms with Crippen molar-refractivity contribution in [1.82, 2.24) is 4.57 Å². The molecule has 9 heteroatoms. The average Bonchev–Trinajstić information content (AvgIpc) is 0.969. The van der Waals surface area contributed by atoms with Crippen LogP contribution in [-0.2, 0) is 5.41 Å². The van der Waals surface area contributed by atoms with Gasteiger partial charge in [0.05, 0.1) is 22.4 Å². The molecule has 1 aromatic heterocycles. The van der Waals surface area contributed by atoms with Crippen molar-refractivity contribution in [3.63, 3.8) is 0 Å². The second-order valence-electron chi connectivity index (χ2n) is 28.9.